The van der Waals surface area contributed by atoms with Crippen LogP contribution in [-0.2, 0) is 6.42 Å². The summed E-state index contributed by atoms with van der Waals surface area (Å²) in [6, 6.07) is 0.320. The molecule has 2 N–H and O–H groups in total. The van der Waals surface area contributed by atoms with Gasteiger partial charge in [-0.25, -0.2) is 0 Å². The minimum absolute atomic E-state index is 0.320. The van der Waals surface area contributed by atoms with E-state index in [4.69, 9.17) is 10.2 Å². The first kappa shape index (κ1) is 10.5. The Labute approximate surface area is 90.5 Å². The summed E-state index contributed by atoms with van der Waals surface area (Å²) in [5, 5.41) is 0. The van der Waals surface area contributed by atoms with Crippen LogP contribution in [0.25, 0.3) is 0 Å². The van der Waals surface area contributed by atoms with Crippen LogP contribution in [0.3, 0.4) is 0 Å². The van der Waals surface area contributed by atoms with Crippen LogP contribution >= 0.6 is 0 Å². The lowest BCUT2D eigenvalue weighted by Crippen LogP contribution is -2.29. The highest BCUT2D eigenvalue weighted by Crippen LogP contribution is 2.30. The lowest BCUT2D eigenvalue weighted by molar-refractivity contribution is 0.252. The number of likely N-dealkylation sites (tertiary alicyclic amines) is 1. The lowest BCUT2D eigenvalue weighted by atomic mass is 9.92. The maximum absolute atomic E-state index is 5.60. The number of nitrogen functional groups attached to an aromatic ring is 1. The van der Waals surface area contributed by atoms with Crippen molar-refractivity contribution in [1.82, 2.24) is 9.88 Å². The van der Waals surface area contributed by atoms with Gasteiger partial charge in [0.15, 0.2) is 0 Å². The number of rotatable bonds is 2. The van der Waals surface area contributed by atoms with Crippen LogP contribution in [0.5, 0.6) is 0 Å². The molecule has 0 spiro atoms. The Balaban J connectivity index is 2.14. The van der Waals surface area contributed by atoms with E-state index in [-0.39, 0.29) is 0 Å². The third kappa shape index (κ3) is 2.15. The van der Waals surface area contributed by atoms with Crippen molar-refractivity contribution in [1.29, 1.82) is 0 Å². The SMILES string of the molecule is CCc1oc(N)nc1C1CCN(C)CC1. The van der Waals surface area contributed by atoms with Crippen molar-refractivity contribution in [3.05, 3.63) is 11.5 Å². The molecule has 2 heterocycles. The molecular formula is C11H19N3O. The van der Waals surface area contributed by atoms with E-state index < -0.39 is 0 Å². The number of hydrogen-bond donors (Lipinski definition) is 1. The summed E-state index contributed by atoms with van der Waals surface area (Å²) >= 11 is 0. The first-order valence-electron chi connectivity index (χ1n) is 5.64. The second kappa shape index (κ2) is 4.23. The molecule has 0 amide bonds. The van der Waals surface area contributed by atoms with E-state index >= 15 is 0 Å². The number of aromatic nitrogens is 1. The van der Waals surface area contributed by atoms with Gasteiger partial charge in [0.05, 0.1) is 5.69 Å². The Hall–Kier alpha value is -1.03. The highest BCUT2D eigenvalue weighted by atomic mass is 16.4. The average molecular weight is 209 g/mol. The Kier molecular flexibility index (Phi) is 2.95. The third-order valence-electron chi connectivity index (χ3n) is 3.17. The van der Waals surface area contributed by atoms with Crippen LogP contribution in [-0.4, -0.2) is 30.0 Å². The summed E-state index contributed by atoms with van der Waals surface area (Å²) in [4.78, 5) is 6.68. The molecule has 0 saturated carbocycles. The number of aryl methyl sites for hydroxylation is 1. The molecule has 1 aromatic rings. The normalized spacial score (nSPS) is 19.6. The molecule has 1 fully saturated rings. The second-order valence-electron chi connectivity index (χ2n) is 4.29. The number of anilines is 1. The van der Waals surface area contributed by atoms with Crippen molar-refractivity contribution >= 4 is 6.01 Å². The minimum Gasteiger partial charge on any atom is -0.429 e. The molecule has 0 aromatic carbocycles. The molecule has 15 heavy (non-hydrogen) atoms. The first-order chi connectivity index (χ1) is 7.20. The predicted octanol–water partition coefficient (Wildman–Crippen LogP) is 1.63. The Morgan fingerprint density at radius 1 is 1.47 bits per heavy atom. The maximum Gasteiger partial charge on any atom is 0.292 e. The molecule has 4 heteroatoms. The van der Waals surface area contributed by atoms with E-state index in [0.29, 0.717) is 11.9 Å². The van der Waals surface area contributed by atoms with Crippen LogP contribution in [0, 0.1) is 0 Å². The zero-order valence-corrected chi connectivity index (χ0v) is 9.49. The number of piperidine rings is 1. The van der Waals surface area contributed by atoms with Crippen molar-refractivity contribution in [3.8, 4) is 0 Å². The molecule has 0 bridgehead atoms. The third-order valence-corrected chi connectivity index (χ3v) is 3.17. The zero-order chi connectivity index (χ0) is 10.8. The molecule has 4 nitrogen and oxygen atoms in total. The molecule has 1 aliphatic heterocycles. The van der Waals surface area contributed by atoms with Crippen molar-refractivity contribution < 1.29 is 4.42 Å². The zero-order valence-electron chi connectivity index (χ0n) is 9.49. The van der Waals surface area contributed by atoms with E-state index in [2.05, 4.69) is 23.9 Å². The highest BCUT2D eigenvalue weighted by Gasteiger charge is 2.24. The standard InChI is InChI=1S/C11H19N3O/c1-3-9-10(13-11(12)15-9)8-4-6-14(2)7-5-8/h8H,3-7H2,1-2H3,(H2,12,13). The van der Waals surface area contributed by atoms with Crippen molar-refractivity contribution in [2.75, 3.05) is 25.9 Å². The van der Waals surface area contributed by atoms with Crippen molar-refractivity contribution in [2.45, 2.75) is 32.1 Å². The fourth-order valence-corrected chi connectivity index (χ4v) is 2.24. The van der Waals surface area contributed by atoms with Gasteiger partial charge in [0.1, 0.15) is 5.76 Å². The van der Waals surface area contributed by atoms with Gasteiger partial charge in [0, 0.05) is 12.3 Å². The molecule has 2 rings (SSSR count). The van der Waals surface area contributed by atoms with E-state index in [1.54, 1.807) is 0 Å². The molecule has 0 unspecified atom stereocenters. The molecule has 1 saturated heterocycles. The van der Waals surface area contributed by atoms with Crippen molar-refractivity contribution in [3.63, 3.8) is 0 Å². The summed E-state index contributed by atoms with van der Waals surface area (Å²) in [5.41, 5.74) is 6.70. The monoisotopic (exact) mass is 209 g/mol. The highest BCUT2D eigenvalue weighted by molar-refractivity contribution is 5.23. The number of nitrogens with zero attached hydrogens (tertiary/aromatic N) is 2. The second-order valence-corrected chi connectivity index (χ2v) is 4.29. The molecule has 0 aliphatic carbocycles. The molecule has 0 atom stereocenters. The van der Waals surface area contributed by atoms with Crippen LogP contribution in [0.1, 0.15) is 37.1 Å². The quantitative estimate of drug-likeness (QED) is 0.804. The van der Waals surface area contributed by atoms with E-state index in [9.17, 15) is 0 Å². The largest absolute Gasteiger partial charge is 0.429 e. The molecule has 84 valence electrons. The van der Waals surface area contributed by atoms with Crippen LogP contribution in [0.15, 0.2) is 4.42 Å². The van der Waals surface area contributed by atoms with E-state index in [1.165, 1.54) is 0 Å². The smallest absolute Gasteiger partial charge is 0.292 e. The van der Waals surface area contributed by atoms with E-state index in [0.717, 1.165) is 43.8 Å². The average Bonchev–Trinajstić information content (AvgIpc) is 2.61. The van der Waals surface area contributed by atoms with Gasteiger partial charge in [-0.3, -0.25) is 0 Å². The maximum atomic E-state index is 5.60. The van der Waals surface area contributed by atoms with Gasteiger partial charge >= 0.3 is 0 Å². The predicted molar refractivity (Wildman–Crippen MR) is 59.8 cm³/mol. The summed E-state index contributed by atoms with van der Waals surface area (Å²) in [6.07, 6.45) is 3.21. The van der Waals surface area contributed by atoms with Crippen LogP contribution in [0.2, 0.25) is 0 Å². The van der Waals surface area contributed by atoms with Gasteiger partial charge in [0.25, 0.3) is 6.01 Å². The number of hydrogen-bond acceptors (Lipinski definition) is 4. The Morgan fingerprint density at radius 3 is 2.73 bits per heavy atom. The van der Waals surface area contributed by atoms with Gasteiger partial charge in [-0.1, -0.05) is 6.92 Å². The summed E-state index contributed by atoms with van der Waals surface area (Å²) in [6.45, 7) is 4.36. The minimum atomic E-state index is 0.320. The van der Waals surface area contributed by atoms with Crippen LogP contribution in [0.4, 0.5) is 6.01 Å². The Morgan fingerprint density at radius 2 is 2.13 bits per heavy atom. The topological polar surface area (TPSA) is 55.3 Å². The van der Waals surface area contributed by atoms with Gasteiger partial charge in [0.2, 0.25) is 0 Å². The van der Waals surface area contributed by atoms with Gasteiger partial charge < -0.3 is 15.1 Å². The Bertz CT molecular complexity index is 327. The lowest BCUT2D eigenvalue weighted by Gasteiger charge is -2.28. The molecular weight excluding hydrogens is 190 g/mol. The van der Waals surface area contributed by atoms with Crippen LogP contribution < -0.4 is 5.73 Å². The molecule has 1 aromatic heterocycles. The summed E-state index contributed by atoms with van der Waals surface area (Å²) < 4.78 is 5.40. The number of nitrogens with two attached hydrogens (primary N) is 1. The fourth-order valence-electron chi connectivity index (χ4n) is 2.24. The van der Waals surface area contributed by atoms with Gasteiger partial charge in [-0.2, -0.15) is 4.98 Å². The summed E-state index contributed by atoms with van der Waals surface area (Å²) in [7, 11) is 2.16. The van der Waals surface area contributed by atoms with E-state index in [1.807, 2.05) is 0 Å². The fraction of sp³-hybridized carbons (Fsp3) is 0.727. The van der Waals surface area contributed by atoms with Crippen molar-refractivity contribution in [2.24, 2.45) is 0 Å². The molecule has 0 radical (unpaired) electrons. The van der Waals surface area contributed by atoms with Gasteiger partial charge in [-0.05, 0) is 33.0 Å². The summed E-state index contributed by atoms with van der Waals surface area (Å²) in [5.74, 6) is 1.51. The molecule has 1 aliphatic rings. The number of oxazole rings is 1. The first-order valence-corrected chi connectivity index (χ1v) is 5.64. The van der Waals surface area contributed by atoms with Gasteiger partial charge in [-0.15, -0.1) is 0 Å².